The first-order chi connectivity index (χ1) is 7.98. The smallest absolute Gasteiger partial charge is 0.311 e. The minimum atomic E-state index is -0.674. The van der Waals surface area contributed by atoms with E-state index in [1.807, 2.05) is 13.8 Å². The molecule has 0 spiro atoms. The summed E-state index contributed by atoms with van der Waals surface area (Å²) in [4.78, 5) is 19.2. The monoisotopic (exact) mass is 254 g/mol. The van der Waals surface area contributed by atoms with E-state index in [1.54, 1.807) is 11.3 Å². The van der Waals surface area contributed by atoms with Crippen molar-refractivity contribution in [2.24, 2.45) is 5.41 Å². The van der Waals surface area contributed by atoms with Crippen molar-refractivity contribution in [3.05, 3.63) is 10.6 Å². The van der Waals surface area contributed by atoms with Gasteiger partial charge in [0, 0.05) is 18.0 Å². The van der Waals surface area contributed by atoms with E-state index < -0.39 is 11.4 Å². The van der Waals surface area contributed by atoms with Crippen molar-refractivity contribution in [2.75, 3.05) is 18.0 Å². The highest BCUT2D eigenvalue weighted by molar-refractivity contribution is 7.15. The number of rotatable bonds is 3. The number of nitrogens with zero attached hydrogens (tertiary/aromatic N) is 2. The number of aryl methyl sites for hydroxylation is 2. The number of carboxylic acid groups (broad SMARTS) is 1. The van der Waals surface area contributed by atoms with Crippen molar-refractivity contribution in [3.8, 4) is 0 Å². The van der Waals surface area contributed by atoms with Crippen LogP contribution in [0.15, 0.2) is 0 Å². The number of thiazole rings is 1. The predicted molar refractivity (Wildman–Crippen MR) is 68.8 cm³/mol. The van der Waals surface area contributed by atoms with E-state index in [4.69, 9.17) is 0 Å². The van der Waals surface area contributed by atoms with Gasteiger partial charge in [0.1, 0.15) is 0 Å². The van der Waals surface area contributed by atoms with Gasteiger partial charge in [-0.05, 0) is 26.7 Å². The van der Waals surface area contributed by atoms with Gasteiger partial charge in [-0.2, -0.15) is 0 Å². The molecule has 0 bridgehead atoms. The van der Waals surface area contributed by atoms with Crippen molar-refractivity contribution in [1.82, 2.24) is 4.98 Å². The standard InChI is InChI=1S/C12H18N2O2S/c1-4-12(10(15)16)5-6-14(7-12)11-13-8(2)9(3)17-11/h4-7H2,1-3H3,(H,15,16). The highest BCUT2D eigenvalue weighted by Crippen LogP contribution is 2.38. The van der Waals surface area contributed by atoms with Crippen LogP contribution in [-0.4, -0.2) is 29.1 Å². The summed E-state index contributed by atoms with van der Waals surface area (Å²) in [6, 6.07) is 0. The lowest BCUT2D eigenvalue weighted by Crippen LogP contribution is -2.34. The molecular formula is C12H18N2O2S. The lowest BCUT2D eigenvalue weighted by atomic mass is 9.84. The third-order valence-corrected chi connectivity index (χ3v) is 4.91. The summed E-state index contributed by atoms with van der Waals surface area (Å²) < 4.78 is 0. The van der Waals surface area contributed by atoms with Gasteiger partial charge in [0.2, 0.25) is 0 Å². The molecular weight excluding hydrogens is 236 g/mol. The van der Waals surface area contributed by atoms with Crippen LogP contribution in [0.2, 0.25) is 0 Å². The zero-order chi connectivity index (χ0) is 12.6. The average Bonchev–Trinajstić information content (AvgIpc) is 2.84. The molecule has 0 aromatic carbocycles. The molecule has 1 aromatic heterocycles. The lowest BCUT2D eigenvalue weighted by Gasteiger charge is -2.22. The second-order valence-corrected chi connectivity index (χ2v) is 5.93. The number of carboxylic acids is 1. The van der Waals surface area contributed by atoms with Gasteiger partial charge < -0.3 is 10.0 Å². The molecule has 2 rings (SSSR count). The Morgan fingerprint density at radius 1 is 1.59 bits per heavy atom. The van der Waals surface area contributed by atoms with Crippen LogP contribution >= 0.6 is 11.3 Å². The predicted octanol–water partition coefficient (Wildman–Crippen LogP) is 2.45. The molecule has 5 heteroatoms. The van der Waals surface area contributed by atoms with Gasteiger partial charge in [-0.1, -0.05) is 6.92 Å². The molecule has 1 fully saturated rings. The summed E-state index contributed by atoms with van der Waals surface area (Å²) >= 11 is 1.66. The van der Waals surface area contributed by atoms with E-state index >= 15 is 0 Å². The van der Waals surface area contributed by atoms with Crippen molar-refractivity contribution in [2.45, 2.75) is 33.6 Å². The quantitative estimate of drug-likeness (QED) is 0.900. The molecule has 2 heterocycles. The van der Waals surface area contributed by atoms with Gasteiger partial charge in [-0.3, -0.25) is 4.79 Å². The third kappa shape index (κ3) is 2.04. The Morgan fingerprint density at radius 2 is 2.29 bits per heavy atom. The summed E-state index contributed by atoms with van der Waals surface area (Å²) in [5.41, 5.74) is 0.474. The van der Waals surface area contributed by atoms with Crippen LogP contribution in [0.5, 0.6) is 0 Å². The topological polar surface area (TPSA) is 53.4 Å². The van der Waals surface area contributed by atoms with Gasteiger partial charge in [0.25, 0.3) is 0 Å². The van der Waals surface area contributed by atoms with Crippen molar-refractivity contribution < 1.29 is 9.90 Å². The number of carbonyl (C=O) groups is 1. The van der Waals surface area contributed by atoms with Crippen LogP contribution in [0.25, 0.3) is 0 Å². The van der Waals surface area contributed by atoms with E-state index in [0.29, 0.717) is 13.0 Å². The first kappa shape index (κ1) is 12.4. The molecule has 1 unspecified atom stereocenters. The minimum absolute atomic E-state index is 0.576. The number of aliphatic carboxylic acids is 1. The van der Waals surface area contributed by atoms with E-state index in [1.165, 1.54) is 4.88 Å². The van der Waals surface area contributed by atoms with Crippen LogP contribution in [0.1, 0.15) is 30.3 Å². The fraction of sp³-hybridized carbons (Fsp3) is 0.667. The first-order valence-corrected chi connectivity index (χ1v) is 6.72. The average molecular weight is 254 g/mol. The number of hydrogen-bond donors (Lipinski definition) is 1. The van der Waals surface area contributed by atoms with E-state index in [-0.39, 0.29) is 0 Å². The second-order valence-electron chi connectivity index (χ2n) is 4.75. The maximum absolute atomic E-state index is 11.4. The van der Waals surface area contributed by atoms with Gasteiger partial charge in [0.05, 0.1) is 11.1 Å². The molecule has 17 heavy (non-hydrogen) atoms. The zero-order valence-corrected chi connectivity index (χ0v) is 11.3. The molecule has 1 aliphatic rings. The number of anilines is 1. The molecule has 1 aliphatic heterocycles. The Morgan fingerprint density at radius 3 is 2.71 bits per heavy atom. The largest absolute Gasteiger partial charge is 0.481 e. The van der Waals surface area contributed by atoms with E-state index in [9.17, 15) is 9.90 Å². The molecule has 1 aromatic rings. The highest BCUT2D eigenvalue weighted by atomic mass is 32.1. The molecule has 1 atom stereocenters. The molecule has 1 N–H and O–H groups in total. The Balaban J connectivity index is 2.20. The van der Waals surface area contributed by atoms with Gasteiger partial charge in [0.15, 0.2) is 5.13 Å². The molecule has 1 saturated heterocycles. The number of hydrogen-bond acceptors (Lipinski definition) is 4. The van der Waals surface area contributed by atoms with Crippen LogP contribution in [0.4, 0.5) is 5.13 Å². The van der Waals surface area contributed by atoms with Gasteiger partial charge in [-0.15, -0.1) is 11.3 Å². The summed E-state index contributed by atoms with van der Waals surface area (Å²) in [6.07, 6.45) is 1.40. The fourth-order valence-electron chi connectivity index (χ4n) is 2.24. The zero-order valence-electron chi connectivity index (χ0n) is 10.5. The fourth-order valence-corrected chi connectivity index (χ4v) is 3.18. The Bertz CT molecular complexity index is 424. The summed E-state index contributed by atoms with van der Waals surface area (Å²) in [5, 5.41) is 10.3. The van der Waals surface area contributed by atoms with Crippen LogP contribution in [0.3, 0.4) is 0 Å². The summed E-state index contributed by atoms with van der Waals surface area (Å²) in [7, 11) is 0. The maximum Gasteiger partial charge on any atom is 0.311 e. The van der Waals surface area contributed by atoms with Crippen LogP contribution in [0, 0.1) is 19.3 Å². The highest BCUT2D eigenvalue weighted by Gasteiger charge is 2.44. The van der Waals surface area contributed by atoms with Crippen molar-refractivity contribution >= 4 is 22.4 Å². The Kier molecular flexibility index (Phi) is 3.12. The molecule has 0 aliphatic carbocycles. The summed E-state index contributed by atoms with van der Waals surface area (Å²) in [6.45, 7) is 7.39. The van der Waals surface area contributed by atoms with Gasteiger partial charge in [-0.25, -0.2) is 4.98 Å². The maximum atomic E-state index is 11.4. The molecule has 0 radical (unpaired) electrons. The second kappa shape index (κ2) is 4.29. The van der Waals surface area contributed by atoms with Crippen molar-refractivity contribution in [1.29, 1.82) is 0 Å². The van der Waals surface area contributed by atoms with Gasteiger partial charge >= 0.3 is 5.97 Å². The van der Waals surface area contributed by atoms with E-state index in [2.05, 4.69) is 16.8 Å². The molecule has 0 saturated carbocycles. The normalized spacial score (nSPS) is 24.3. The minimum Gasteiger partial charge on any atom is -0.481 e. The van der Waals surface area contributed by atoms with Crippen LogP contribution in [-0.2, 0) is 4.79 Å². The first-order valence-electron chi connectivity index (χ1n) is 5.91. The molecule has 94 valence electrons. The Hall–Kier alpha value is -1.10. The number of aromatic nitrogens is 1. The third-order valence-electron chi connectivity index (χ3n) is 3.77. The van der Waals surface area contributed by atoms with Crippen molar-refractivity contribution in [3.63, 3.8) is 0 Å². The lowest BCUT2D eigenvalue weighted by molar-refractivity contribution is -0.147. The summed E-state index contributed by atoms with van der Waals surface area (Å²) in [5.74, 6) is -0.674. The SMILES string of the molecule is CCC1(C(=O)O)CCN(c2nc(C)c(C)s2)C1. The molecule has 4 nitrogen and oxygen atoms in total. The van der Waals surface area contributed by atoms with Crippen LogP contribution < -0.4 is 4.90 Å². The molecule has 0 amide bonds. The Labute approximate surface area is 105 Å². The van der Waals surface area contributed by atoms with E-state index in [0.717, 1.165) is 23.8 Å².